The second-order valence-corrected chi connectivity index (χ2v) is 5.10. The first kappa shape index (κ1) is 14.2. The van der Waals surface area contributed by atoms with Crippen LogP contribution in [0.5, 0.6) is 0 Å². The molecule has 2 nitrogen and oxygen atoms in total. The van der Waals surface area contributed by atoms with Gasteiger partial charge in [-0.15, -0.1) is 11.6 Å². The van der Waals surface area contributed by atoms with E-state index in [1.54, 1.807) is 0 Å². The lowest BCUT2D eigenvalue weighted by Crippen LogP contribution is -2.44. The average molecular weight is 222 g/mol. The molecule has 0 amide bonds. The zero-order chi connectivity index (χ0) is 11.2. The topological polar surface area (TPSA) is 12.5 Å². The lowest BCUT2D eigenvalue weighted by molar-refractivity contribution is 0.0684. The van der Waals surface area contributed by atoms with Gasteiger partial charge in [-0.2, -0.15) is 0 Å². The van der Waals surface area contributed by atoms with Crippen LogP contribution in [0.1, 0.15) is 27.7 Å². The molecular weight excluding hydrogens is 198 g/mol. The summed E-state index contributed by atoms with van der Waals surface area (Å²) in [6, 6.07) is 0. The van der Waals surface area contributed by atoms with E-state index in [9.17, 15) is 0 Å². The Hall–Kier alpha value is 0.210. The molecule has 0 atom stereocenters. The standard InChI is InChI=1S/C11H24ClNO/c1-10(2)8-14-7-6-13(5)11(3,4)9-12/h10H,6-9H2,1-5H3. The number of nitrogens with zero attached hydrogens (tertiary/aromatic N) is 1. The van der Waals surface area contributed by atoms with Gasteiger partial charge in [-0.05, 0) is 26.8 Å². The fraction of sp³-hybridized carbons (Fsp3) is 1.00. The average Bonchev–Trinajstić information content (AvgIpc) is 2.11. The summed E-state index contributed by atoms with van der Waals surface area (Å²) in [7, 11) is 2.08. The molecule has 0 spiro atoms. The first-order valence-electron chi connectivity index (χ1n) is 5.25. The molecule has 0 N–H and O–H groups in total. The van der Waals surface area contributed by atoms with Crippen molar-refractivity contribution in [1.82, 2.24) is 4.90 Å². The summed E-state index contributed by atoms with van der Waals surface area (Å²) in [6.45, 7) is 11.2. The molecule has 0 heterocycles. The van der Waals surface area contributed by atoms with Gasteiger partial charge in [0, 0.05) is 24.6 Å². The van der Waals surface area contributed by atoms with E-state index in [2.05, 4.69) is 39.6 Å². The first-order valence-corrected chi connectivity index (χ1v) is 5.78. The van der Waals surface area contributed by atoms with Gasteiger partial charge in [-0.25, -0.2) is 0 Å². The van der Waals surface area contributed by atoms with Crippen LogP contribution in [0.25, 0.3) is 0 Å². The van der Waals surface area contributed by atoms with Crippen LogP contribution in [0.15, 0.2) is 0 Å². The van der Waals surface area contributed by atoms with Gasteiger partial charge in [0.2, 0.25) is 0 Å². The fourth-order valence-corrected chi connectivity index (χ4v) is 1.13. The summed E-state index contributed by atoms with van der Waals surface area (Å²) in [5.41, 5.74) is 0.0583. The number of ether oxygens (including phenoxy) is 1. The third kappa shape index (κ3) is 5.84. The predicted molar refractivity (Wildman–Crippen MR) is 63.1 cm³/mol. The van der Waals surface area contributed by atoms with Gasteiger partial charge in [0.05, 0.1) is 6.61 Å². The molecule has 0 aromatic rings. The lowest BCUT2D eigenvalue weighted by atomic mass is 10.1. The zero-order valence-corrected chi connectivity index (χ0v) is 10.9. The van der Waals surface area contributed by atoms with Crippen molar-refractivity contribution in [2.45, 2.75) is 33.2 Å². The maximum atomic E-state index is 5.87. The highest BCUT2D eigenvalue weighted by Crippen LogP contribution is 2.13. The van der Waals surface area contributed by atoms with Crippen molar-refractivity contribution < 1.29 is 4.74 Å². The predicted octanol–water partition coefficient (Wildman–Crippen LogP) is 2.61. The summed E-state index contributed by atoms with van der Waals surface area (Å²) in [5.74, 6) is 1.26. The van der Waals surface area contributed by atoms with E-state index in [4.69, 9.17) is 16.3 Å². The van der Waals surface area contributed by atoms with Crippen molar-refractivity contribution in [2.75, 3.05) is 32.7 Å². The zero-order valence-electron chi connectivity index (χ0n) is 10.1. The SMILES string of the molecule is CC(C)COCCN(C)C(C)(C)CCl. The van der Waals surface area contributed by atoms with Crippen LogP contribution in [0.2, 0.25) is 0 Å². The molecule has 0 fully saturated rings. The van der Waals surface area contributed by atoms with Crippen LogP contribution >= 0.6 is 11.6 Å². The molecule has 0 aromatic heterocycles. The summed E-state index contributed by atoms with van der Waals surface area (Å²) < 4.78 is 5.52. The summed E-state index contributed by atoms with van der Waals surface area (Å²) in [5, 5.41) is 0. The number of rotatable bonds is 7. The Morgan fingerprint density at radius 3 is 2.36 bits per heavy atom. The highest BCUT2D eigenvalue weighted by Gasteiger charge is 2.21. The molecule has 0 saturated carbocycles. The highest BCUT2D eigenvalue weighted by atomic mass is 35.5. The maximum Gasteiger partial charge on any atom is 0.0593 e. The van der Waals surface area contributed by atoms with Crippen molar-refractivity contribution in [3.8, 4) is 0 Å². The van der Waals surface area contributed by atoms with Gasteiger partial charge < -0.3 is 4.74 Å². The van der Waals surface area contributed by atoms with Gasteiger partial charge in [0.25, 0.3) is 0 Å². The monoisotopic (exact) mass is 221 g/mol. The van der Waals surface area contributed by atoms with Gasteiger partial charge in [-0.3, -0.25) is 4.90 Å². The van der Waals surface area contributed by atoms with E-state index < -0.39 is 0 Å². The third-order valence-corrected chi connectivity index (χ3v) is 3.04. The molecule has 3 heteroatoms. The maximum absolute atomic E-state index is 5.87. The summed E-state index contributed by atoms with van der Waals surface area (Å²) >= 11 is 5.87. The Morgan fingerprint density at radius 1 is 1.36 bits per heavy atom. The quantitative estimate of drug-likeness (QED) is 0.484. The number of halogens is 1. The minimum absolute atomic E-state index is 0.0583. The molecular formula is C11H24ClNO. The Labute approximate surface area is 93.6 Å². The normalized spacial score (nSPS) is 12.9. The lowest BCUT2D eigenvalue weighted by Gasteiger charge is -2.33. The summed E-state index contributed by atoms with van der Waals surface area (Å²) in [6.07, 6.45) is 0. The molecule has 0 aliphatic carbocycles. The van der Waals surface area contributed by atoms with Crippen LogP contribution in [0, 0.1) is 5.92 Å². The highest BCUT2D eigenvalue weighted by molar-refractivity contribution is 6.18. The van der Waals surface area contributed by atoms with Gasteiger partial charge in [0.15, 0.2) is 0 Å². The van der Waals surface area contributed by atoms with Gasteiger partial charge >= 0.3 is 0 Å². The second-order valence-electron chi connectivity index (χ2n) is 4.84. The largest absolute Gasteiger partial charge is 0.380 e. The molecule has 86 valence electrons. The van der Waals surface area contributed by atoms with Crippen LogP contribution < -0.4 is 0 Å². The van der Waals surface area contributed by atoms with E-state index >= 15 is 0 Å². The Bertz CT molecular complexity index is 148. The van der Waals surface area contributed by atoms with Crippen molar-refractivity contribution in [3.63, 3.8) is 0 Å². The Balaban J connectivity index is 3.59. The number of likely N-dealkylation sites (N-methyl/N-ethyl adjacent to an activating group) is 1. The summed E-state index contributed by atoms with van der Waals surface area (Å²) in [4.78, 5) is 2.24. The number of hydrogen-bond donors (Lipinski definition) is 0. The molecule has 14 heavy (non-hydrogen) atoms. The first-order chi connectivity index (χ1) is 6.40. The second kappa shape index (κ2) is 6.65. The van der Waals surface area contributed by atoms with Gasteiger partial charge in [0.1, 0.15) is 0 Å². The Morgan fingerprint density at radius 2 is 1.93 bits per heavy atom. The number of alkyl halides is 1. The van der Waals surface area contributed by atoms with Crippen LogP contribution in [-0.4, -0.2) is 43.1 Å². The van der Waals surface area contributed by atoms with E-state index in [0.29, 0.717) is 11.8 Å². The van der Waals surface area contributed by atoms with Crippen molar-refractivity contribution in [2.24, 2.45) is 5.92 Å². The minimum Gasteiger partial charge on any atom is -0.380 e. The van der Waals surface area contributed by atoms with Crippen molar-refractivity contribution in [1.29, 1.82) is 0 Å². The molecule has 0 aliphatic heterocycles. The van der Waals surface area contributed by atoms with E-state index in [1.807, 2.05) is 0 Å². The van der Waals surface area contributed by atoms with Crippen molar-refractivity contribution in [3.05, 3.63) is 0 Å². The molecule has 0 aliphatic rings. The smallest absolute Gasteiger partial charge is 0.0593 e. The van der Waals surface area contributed by atoms with Crippen LogP contribution in [-0.2, 0) is 4.74 Å². The molecule has 0 unspecified atom stereocenters. The third-order valence-electron chi connectivity index (χ3n) is 2.38. The van der Waals surface area contributed by atoms with E-state index in [0.717, 1.165) is 19.8 Å². The molecule has 0 aromatic carbocycles. The Kier molecular flexibility index (Phi) is 6.75. The molecule has 0 saturated heterocycles. The van der Waals surface area contributed by atoms with Crippen molar-refractivity contribution >= 4 is 11.6 Å². The van der Waals surface area contributed by atoms with Crippen LogP contribution in [0.3, 0.4) is 0 Å². The minimum atomic E-state index is 0.0583. The molecule has 0 radical (unpaired) electrons. The van der Waals surface area contributed by atoms with Crippen LogP contribution in [0.4, 0.5) is 0 Å². The molecule has 0 rings (SSSR count). The van der Waals surface area contributed by atoms with E-state index in [-0.39, 0.29) is 5.54 Å². The van der Waals surface area contributed by atoms with E-state index in [1.165, 1.54) is 0 Å². The number of hydrogen-bond acceptors (Lipinski definition) is 2. The van der Waals surface area contributed by atoms with Gasteiger partial charge in [-0.1, -0.05) is 13.8 Å². The fourth-order valence-electron chi connectivity index (χ4n) is 0.925. The molecule has 0 bridgehead atoms.